The number of hydrogen-bond acceptors (Lipinski definition) is 3. The minimum absolute atomic E-state index is 0.0819. The largest absolute Gasteiger partial charge is 0.394 e. The van der Waals surface area contributed by atoms with Crippen molar-refractivity contribution in [2.45, 2.75) is 39.2 Å². The lowest BCUT2D eigenvalue weighted by Crippen LogP contribution is -2.44. The van der Waals surface area contributed by atoms with E-state index in [0.717, 1.165) is 25.9 Å². The normalized spacial score (nSPS) is 20.1. The highest BCUT2D eigenvalue weighted by molar-refractivity contribution is 5.19. The quantitative estimate of drug-likeness (QED) is 0.902. The molecule has 0 bridgehead atoms. The van der Waals surface area contributed by atoms with Gasteiger partial charge in [-0.15, -0.1) is 0 Å². The van der Waals surface area contributed by atoms with Crippen molar-refractivity contribution in [3.05, 3.63) is 35.9 Å². The van der Waals surface area contributed by atoms with E-state index in [4.69, 9.17) is 5.26 Å². The third kappa shape index (κ3) is 3.45. The Morgan fingerprint density at radius 3 is 2.33 bits per heavy atom. The molecule has 1 heterocycles. The smallest absolute Gasteiger partial charge is 0.0628 e. The molecule has 1 aromatic carbocycles. The van der Waals surface area contributed by atoms with Crippen LogP contribution in [0.2, 0.25) is 0 Å². The maximum Gasteiger partial charge on any atom is 0.0628 e. The molecule has 1 N–H and O–H groups in total. The second kappa shape index (κ2) is 7.06. The molecule has 0 aromatic heterocycles. The Kier molecular flexibility index (Phi) is 5.39. The highest BCUT2D eigenvalue weighted by atomic mass is 16.3. The molecule has 3 nitrogen and oxygen atoms in total. The van der Waals surface area contributed by atoms with Crippen molar-refractivity contribution < 1.29 is 5.11 Å². The molecule has 1 atom stereocenters. The Hall–Kier alpha value is -1.37. The van der Waals surface area contributed by atoms with Crippen molar-refractivity contribution in [3.8, 4) is 6.07 Å². The van der Waals surface area contributed by atoms with Crippen LogP contribution in [0, 0.1) is 22.7 Å². The Balaban J connectivity index is 2.07. The average Bonchev–Trinajstić information content (AvgIpc) is 2.51. The maximum atomic E-state index is 9.78. The van der Waals surface area contributed by atoms with Gasteiger partial charge in [0.15, 0.2) is 0 Å². The number of likely N-dealkylation sites (tertiary alicyclic amines) is 1. The van der Waals surface area contributed by atoms with E-state index in [9.17, 15) is 5.11 Å². The summed E-state index contributed by atoms with van der Waals surface area (Å²) in [5.41, 5.74) is 1.33. The van der Waals surface area contributed by atoms with Crippen LogP contribution in [0.3, 0.4) is 0 Å². The summed E-state index contributed by atoms with van der Waals surface area (Å²) in [4.78, 5) is 2.37. The van der Waals surface area contributed by atoms with Gasteiger partial charge in [-0.2, -0.15) is 5.26 Å². The van der Waals surface area contributed by atoms with E-state index in [1.165, 1.54) is 5.56 Å². The van der Waals surface area contributed by atoms with E-state index in [0.29, 0.717) is 12.3 Å². The molecule has 0 spiro atoms. The molecule has 114 valence electrons. The van der Waals surface area contributed by atoms with E-state index in [1.807, 2.05) is 18.2 Å². The molecule has 1 fully saturated rings. The van der Waals surface area contributed by atoms with Crippen molar-refractivity contribution >= 4 is 0 Å². The van der Waals surface area contributed by atoms with Crippen molar-refractivity contribution in [3.63, 3.8) is 0 Å². The molecular weight excluding hydrogens is 260 g/mol. The van der Waals surface area contributed by atoms with Gasteiger partial charge in [0.2, 0.25) is 0 Å². The van der Waals surface area contributed by atoms with Crippen LogP contribution in [0.4, 0.5) is 0 Å². The molecule has 1 aliphatic rings. The summed E-state index contributed by atoms with van der Waals surface area (Å²) in [5.74, 6) is 0.531. The number of aliphatic hydroxyl groups is 1. The van der Waals surface area contributed by atoms with Gasteiger partial charge < -0.3 is 5.11 Å². The van der Waals surface area contributed by atoms with Gasteiger partial charge in [-0.1, -0.05) is 44.2 Å². The van der Waals surface area contributed by atoms with Gasteiger partial charge >= 0.3 is 0 Å². The zero-order valence-electron chi connectivity index (χ0n) is 13.1. The summed E-state index contributed by atoms with van der Waals surface area (Å²) < 4.78 is 0. The van der Waals surface area contributed by atoms with Gasteiger partial charge in [0.1, 0.15) is 0 Å². The van der Waals surface area contributed by atoms with Crippen LogP contribution in [0.15, 0.2) is 30.3 Å². The summed E-state index contributed by atoms with van der Waals surface area (Å²) in [6.07, 6.45) is 2.73. The molecule has 21 heavy (non-hydrogen) atoms. The van der Waals surface area contributed by atoms with Crippen molar-refractivity contribution in [1.82, 2.24) is 4.90 Å². The van der Waals surface area contributed by atoms with E-state index in [1.54, 1.807) is 0 Å². The molecule has 0 radical (unpaired) electrons. The standard InChI is InChI=1S/C18H26N2O/c1-15(2)18(8-11-19)9-12-20(13-10-18)17(14-21)16-6-4-3-5-7-16/h3-7,15,17,21H,8-10,12-14H2,1-2H3. The summed E-state index contributed by atoms with van der Waals surface area (Å²) in [5, 5.41) is 18.9. The molecule has 1 saturated heterocycles. The average molecular weight is 286 g/mol. The van der Waals surface area contributed by atoms with Crippen LogP contribution in [0.5, 0.6) is 0 Å². The number of benzene rings is 1. The lowest BCUT2D eigenvalue weighted by Gasteiger charge is -2.45. The summed E-state index contributed by atoms with van der Waals surface area (Å²) in [6, 6.07) is 12.7. The summed E-state index contributed by atoms with van der Waals surface area (Å²) in [6.45, 7) is 6.53. The van der Waals surface area contributed by atoms with Gasteiger partial charge in [-0.05, 0) is 42.8 Å². The SMILES string of the molecule is CC(C)C1(CC#N)CCN(C(CO)c2ccccc2)CC1. The predicted molar refractivity (Wildman–Crippen MR) is 84.6 cm³/mol. The fraction of sp³-hybridized carbons (Fsp3) is 0.611. The minimum Gasteiger partial charge on any atom is -0.394 e. The fourth-order valence-electron chi connectivity index (χ4n) is 3.50. The first kappa shape index (κ1) is 16.0. The molecule has 0 aliphatic carbocycles. The lowest BCUT2D eigenvalue weighted by molar-refractivity contribution is 0.0251. The monoisotopic (exact) mass is 286 g/mol. The number of hydrogen-bond donors (Lipinski definition) is 1. The van der Waals surface area contributed by atoms with E-state index in [-0.39, 0.29) is 18.1 Å². The number of nitrogens with zero attached hydrogens (tertiary/aromatic N) is 2. The van der Waals surface area contributed by atoms with Gasteiger partial charge in [0.25, 0.3) is 0 Å². The molecule has 2 rings (SSSR count). The summed E-state index contributed by atoms with van der Waals surface area (Å²) in [7, 11) is 0. The Bertz CT molecular complexity index is 470. The number of piperidine rings is 1. The van der Waals surface area contributed by atoms with Crippen LogP contribution in [0.25, 0.3) is 0 Å². The van der Waals surface area contributed by atoms with Crippen LogP contribution in [0.1, 0.15) is 44.7 Å². The maximum absolute atomic E-state index is 9.78. The Morgan fingerprint density at radius 1 is 1.24 bits per heavy atom. The van der Waals surface area contributed by atoms with Crippen LogP contribution >= 0.6 is 0 Å². The zero-order valence-corrected chi connectivity index (χ0v) is 13.1. The lowest BCUT2D eigenvalue weighted by atomic mass is 9.68. The van der Waals surface area contributed by atoms with Crippen LogP contribution in [-0.4, -0.2) is 29.7 Å². The van der Waals surface area contributed by atoms with Gasteiger partial charge in [0, 0.05) is 6.42 Å². The second-order valence-corrected chi connectivity index (χ2v) is 6.50. The molecule has 3 heteroatoms. The third-order valence-corrected chi connectivity index (χ3v) is 5.25. The van der Waals surface area contributed by atoms with Gasteiger partial charge in [-0.25, -0.2) is 0 Å². The predicted octanol–water partition coefficient (Wildman–Crippen LogP) is 3.37. The number of aliphatic hydroxyl groups excluding tert-OH is 1. The van der Waals surface area contributed by atoms with Gasteiger partial charge in [0.05, 0.1) is 18.7 Å². The van der Waals surface area contributed by atoms with Crippen LogP contribution < -0.4 is 0 Å². The molecule has 1 aromatic rings. The molecule has 0 amide bonds. The van der Waals surface area contributed by atoms with Crippen LogP contribution in [-0.2, 0) is 0 Å². The minimum atomic E-state index is 0.0819. The van der Waals surface area contributed by atoms with Crippen molar-refractivity contribution in [2.75, 3.05) is 19.7 Å². The second-order valence-electron chi connectivity index (χ2n) is 6.50. The van der Waals surface area contributed by atoms with Gasteiger partial charge in [-0.3, -0.25) is 4.90 Å². The summed E-state index contributed by atoms with van der Waals surface area (Å²) >= 11 is 0. The molecule has 1 unspecified atom stereocenters. The van der Waals surface area contributed by atoms with E-state index in [2.05, 4.69) is 36.9 Å². The van der Waals surface area contributed by atoms with E-state index >= 15 is 0 Å². The Morgan fingerprint density at radius 2 is 1.86 bits per heavy atom. The first-order valence-corrected chi connectivity index (χ1v) is 7.90. The Labute approximate surface area is 128 Å². The fourth-order valence-corrected chi connectivity index (χ4v) is 3.50. The molecule has 0 saturated carbocycles. The number of nitriles is 1. The first-order chi connectivity index (χ1) is 10.1. The number of rotatable bonds is 5. The molecular formula is C18H26N2O. The topological polar surface area (TPSA) is 47.3 Å². The highest BCUT2D eigenvalue weighted by Crippen LogP contribution is 2.43. The van der Waals surface area contributed by atoms with Crippen molar-refractivity contribution in [1.29, 1.82) is 5.26 Å². The molecule has 1 aliphatic heterocycles. The first-order valence-electron chi connectivity index (χ1n) is 7.90. The zero-order chi connectivity index (χ0) is 15.3. The third-order valence-electron chi connectivity index (χ3n) is 5.25. The highest BCUT2D eigenvalue weighted by Gasteiger charge is 2.38. The van der Waals surface area contributed by atoms with E-state index < -0.39 is 0 Å². The van der Waals surface area contributed by atoms with Crippen molar-refractivity contribution in [2.24, 2.45) is 11.3 Å².